The van der Waals surface area contributed by atoms with E-state index in [1.165, 1.54) is 0 Å². The Hall–Kier alpha value is -1.13. The molecule has 1 aliphatic carbocycles. The first-order chi connectivity index (χ1) is 8.63. The van der Waals surface area contributed by atoms with Crippen molar-refractivity contribution in [2.75, 3.05) is 0 Å². The molecule has 18 heavy (non-hydrogen) atoms. The maximum atomic E-state index is 11.3. The molecule has 4 heteroatoms. The third-order valence-electron chi connectivity index (χ3n) is 3.38. The first-order valence-corrected chi connectivity index (χ1v) is 7.33. The molecule has 2 aromatic rings. The number of carboxylic acids is 1. The van der Waals surface area contributed by atoms with E-state index in [9.17, 15) is 9.90 Å². The molecule has 2 nitrogen and oxygen atoms in total. The van der Waals surface area contributed by atoms with Crippen molar-refractivity contribution in [3.05, 3.63) is 45.7 Å². The highest BCUT2D eigenvalue weighted by Gasteiger charge is 2.52. The monoisotopic (exact) mass is 322 g/mol. The molecule has 0 bridgehead atoms. The minimum Gasteiger partial charge on any atom is -0.481 e. The fourth-order valence-corrected chi connectivity index (χ4v) is 4.00. The van der Waals surface area contributed by atoms with E-state index in [2.05, 4.69) is 15.9 Å². The van der Waals surface area contributed by atoms with E-state index in [1.807, 2.05) is 36.4 Å². The Morgan fingerprint density at radius 2 is 1.94 bits per heavy atom. The minimum absolute atomic E-state index is 0.593. The maximum Gasteiger partial charge on any atom is 0.314 e. The van der Waals surface area contributed by atoms with Crippen molar-refractivity contribution < 1.29 is 9.90 Å². The lowest BCUT2D eigenvalue weighted by molar-refractivity contribution is -0.139. The average Bonchev–Trinajstić information content (AvgIpc) is 3.03. The Balaban J connectivity index is 2.01. The number of aliphatic carboxylic acids is 1. The molecular formula is C14H11BrO2S. The van der Waals surface area contributed by atoms with E-state index in [0.29, 0.717) is 0 Å². The summed E-state index contributed by atoms with van der Waals surface area (Å²) in [6.07, 6.45) is 1.52. The molecule has 3 rings (SSSR count). The fraction of sp³-hybridized carbons (Fsp3) is 0.214. The minimum atomic E-state index is -0.692. The lowest BCUT2D eigenvalue weighted by atomic mass is 10.1. The number of hydrogen-bond donors (Lipinski definition) is 1. The highest BCUT2D eigenvalue weighted by Crippen LogP contribution is 2.52. The molecule has 0 unspecified atom stereocenters. The van der Waals surface area contributed by atoms with Crippen LogP contribution in [0.25, 0.3) is 10.4 Å². The van der Waals surface area contributed by atoms with Gasteiger partial charge in [0.05, 0.1) is 0 Å². The molecule has 1 aromatic carbocycles. The second kappa shape index (κ2) is 4.21. The van der Waals surface area contributed by atoms with Crippen molar-refractivity contribution in [2.45, 2.75) is 18.3 Å². The Bertz CT molecular complexity index is 614. The molecule has 0 saturated heterocycles. The Morgan fingerprint density at radius 1 is 1.22 bits per heavy atom. The molecule has 1 N–H and O–H groups in total. The lowest BCUT2D eigenvalue weighted by Gasteiger charge is -2.05. The zero-order valence-electron chi connectivity index (χ0n) is 9.52. The second-order valence-corrected chi connectivity index (χ2v) is 6.47. The molecule has 0 radical (unpaired) electrons. The van der Waals surface area contributed by atoms with Crippen LogP contribution >= 0.6 is 27.3 Å². The van der Waals surface area contributed by atoms with Crippen LogP contribution in [0.5, 0.6) is 0 Å². The molecule has 1 heterocycles. The highest BCUT2D eigenvalue weighted by atomic mass is 79.9. The van der Waals surface area contributed by atoms with Crippen LogP contribution in [0.4, 0.5) is 0 Å². The Kier molecular flexibility index (Phi) is 2.79. The highest BCUT2D eigenvalue weighted by molar-refractivity contribution is 9.10. The number of halogens is 1. The number of thiophene rings is 1. The summed E-state index contributed by atoms with van der Waals surface area (Å²) in [5.74, 6) is -0.692. The predicted octanol–water partition coefficient (Wildman–Crippen LogP) is 4.29. The predicted molar refractivity (Wildman–Crippen MR) is 76.0 cm³/mol. The summed E-state index contributed by atoms with van der Waals surface area (Å²) in [6, 6.07) is 12.0. The molecule has 0 amide bonds. The molecule has 0 aliphatic heterocycles. The Labute approximate surface area is 117 Å². The number of rotatable bonds is 3. The van der Waals surface area contributed by atoms with Gasteiger partial charge in [0.15, 0.2) is 0 Å². The van der Waals surface area contributed by atoms with E-state index in [0.717, 1.165) is 32.6 Å². The molecule has 1 saturated carbocycles. The van der Waals surface area contributed by atoms with Crippen LogP contribution in [-0.4, -0.2) is 11.1 Å². The lowest BCUT2D eigenvalue weighted by Crippen LogP contribution is -2.17. The summed E-state index contributed by atoms with van der Waals surface area (Å²) in [5, 5.41) is 9.29. The Morgan fingerprint density at radius 3 is 2.56 bits per heavy atom. The number of carbonyl (C=O) groups is 1. The van der Waals surface area contributed by atoms with Crippen LogP contribution < -0.4 is 0 Å². The summed E-state index contributed by atoms with van der Waals surface area (Å²) in [6.45, 7) is 0. The van der Waals surface area contributed by atoms with Crippen LogP contribution in [0.3, 0.4) is 0 Å². The third-order valence-corrected chi connectivity index (χ3v) is 5.39. The van der Waals surface area contributed by atoms with Gasteiger partial charge >= 0.3 is 5.97 Å². The van der Waals surface area contributed by atoms with Crippen molar-refractivity contribution in [3.8, 4) is 10.4 Å². The van der Waals surface area contributed by atoms with Crippen LogP contribution in [-0.2, 0) is 10.2 Å². The smallest absolute Gasteiger partial charge is 0.314 e. The summed E-state index contributed by atoms with van der Waals surface area (Å²) < 4.78 is 1.04. The first-order valence-electron chi connectivity index (χ1n) is 5.72. The van der Waals surface area contributed by atoms with Crippen molar-refractivity contribution in [1.29, 1.82) is 0 Å². The van der Waals surface area contributed by atoms with Gasteiger partial charge in [-0.1, -0.05) is 34.1 Å². The number of carboxylic acid groups (broad SMARTS) is 1. The second-order valence-electron chi connectivity index (χ2n) is 4.53. The molecule has 92 valence electrons. The van der Waals surface area contributed by atoms with E-state index >= 15 is 0 Å². The van der Waals surface area contributed by atoms with Crippen molar-refractivity contribution in [3.63, 3.8) is 0 Å². The van der Waals surface area contributed by atoms with Gasteiger partial charge < -0.3 is 5.11 Å². The SMILES string of the molecule is O=C(O)C1(c2ccc(-c3ccccc3Br)s2)CC1. The molecular weight excluding hydrogens is 312 g/mol. The zero-order valence-corrected chi connectivity index (χ0v) is 11.9. The zero-order chi connectivity index (χ0) is 12.8. The summed E-state index contributed by atoms with van der Waals surface area (Å²) >= 11 is 5.11. The fourth-order valence-electron chi connectivity index (χ4n) is 2.09. The molecule has 1 aromatic heterocycles. The summed E-state index contributed by atoms with van der Waals surface area (Å²) in [7, 11) is 0. The van der Waals surface area contributed by atoms with Crippen molar-refractivity contribution >= 4 is 33.2 Å². The maximum absolute atomic E-state index is 11.3. The average molecular weight is 323 g/mol. The summed E-state index contributed by atoms with van der Waals surface area (Å²) in [5.41, 5.74) is 0.527. The van der Waals surface area contributed by atoms with Gasteiger partial charge in [-0.2, -0.15) is 0 Å². The van der Waals surface area contributed by atoms with Gasteiger partial charge in [0.2, 0.25) is 0 Å². The van der Waals surface area contributed by atoms with E-state index < -0.39 is 11.4 Å². The molecule has 1 aliphatic rings. The van der Waals surface area contributed by atoms with Crippen LogP contribution in [0.1, 0.15) is 17.7 Å². The van der Waals surface area contributed by atoms with E-state index in [4.69, 9.17) is 0 Å². The first kappa shape index (κ1) is 11.9. The van der Waals surface area contributed by atoms with Gasteiger partial charge in [0, 0.05) is 19.8 Å². The number of hydrogen-bond acceptors (Lipinski definition) is 2. The normalized spacial score (nSPS) is 16.5. The molecule has 1 fully saturated rings. The van der Waals surface area contributed by atoms with E-state index in [-0.39, 0.29) is 0 Å². The van der Waals surface area contributed by atoms with Gasteiger partial charge in [0.1, 0.15) is 5.41 Å². The van der Waals surface area contributed by atoms with Gasteiger partial charge in [-0.25, -0.2) is 0 Å². The molecule has 0 spiro atoms. The van der Waals surface area contributed by atoms with Crippen molar-refractivity contribution in [2.24, 2.45) is 0 Å². The van der Waals surface area contributed by atoms with Gasteiger partial charge in [-0.3, -0.25) is 4.79 Å². The van der Waals surface area contributed by atoms with Crippen LogP contribution in [0, 0.1) is 0 Å². The molecule has 0 atom stereocenters. The number of benzene rings is 1. The van der Waals surface area contributed by atoms with Crippen LogP contribution in [0.15, 0.2) is 40.9 Å². The third kappa shape index (κ3) is 1.80. The van der Waals surface area contributed by atoms with Crippen LogP contribution in [0.2, 0.25) is 0 Å². The van der Waals surface area contributed by atoms with Gasteiger partial charge in [-0.15, -0.1) is 11.3 Å². The quantitative estimate of drug-likeness (QED) is 0.915. The van der Waals surface area contributed by atoms with E-state index in [1.54, 1.807) is 11.3 Å². The summed E-state index contributed by atoms with van der Waals surface area (Å²) in [4.78, 5) is 13.4. The van der Waals surface area contributed by atoms with Crippen molar-refractivity contribution in [1.82, 2.24) is 0 Å². The van der Waals surface area contributed by atoms with Gasteiger partial charge in [-0.05, 0) is 31.0 Å². The largest absolute Gasteiger partial charge is 0.481 e. The standard InChI is InChI=1S/C14H11BrO2S/c15-10-4-2-1-3-9(10)11-5-6-12(18-11)14(7-8-14)13(16)17/h1-6H,7-8H2,(H,16,17). The topological polar surface area (TPSA) is 37.3 Å². The van der Waals surface area contributed by atoms with Gasteiger partial charge in [0.25, 0.3) is 0 Å².